The van der Waals surface area contributed by atoms with E-state index >= 15 is 0 Å². The molecule has 30 heavy (non-hydrogen) atoms. The fourth-order valence-electron chi connectivity index (χ4n) is 4.99. The fourth-order valence-corrected chi connectivity index (χ4v) is 4.99. The van der Waals surface area contributed by atoms with Gasteiger partial charge in [-0.25, -0.2) is 4.79 Å². The van der Waals surface area contributed by atoms with Gasteiger partial charge in [0.05, 0.1) is 11.8 Å². The van der Waals surface area contributed by atoms with Crippen LogP contribution >= 0.6 is 0 Å². The first-order valence-corrected chi connectivity index (χ1v) is 10.4. The summed E-state index contributed by atoms with van der Waals surface area (Å²) >= 11 is 0. The molecule has 8 heteroatoms. The quantitative estimate of drug-likeness (QED) is 0.391. The summed E-state index contributed by atoms with van der Waals surface area (Å²) in [5.41, 5.74) is 2.01. The van der Waals surface area contributed by atoms with E-state index in [4.69, 9.17) is 23.7 Å². The molecule has 1 aliphatic carbocycles. The molecule has 0 aromatic rings. The van der Waals surface area contributed by atoms with Crippen molar-refractivity contribution in [1.29, 1.82) is 0 Å². The van der Waals surface area contributed by atoms with Gasteiger partial charge in [0.2, 0.25) is 12.6 Å². The highest BCUT2D eigenvalue weighted by Gasteiger charge is 2.64. The first-order chi connectivity index (χ1) is 14.1. The second-order valence-electron chi connectivity index (χ2n) is 9.21. The number of carbonyl (C=O) groups excluding carboxylic acids is 3. The summed E-state index contributed by atoms with van der Waals surface area (Å²) in [6, 6.07) is 0. The zero-order valence-electron chi connectivity index (χ0n) is 17.7. The van der Waals surface area contributed by atoms with Crippen molar-refractivity contribution >= 4 is 17.9 Å². The molecule has 0 bridgehead atoms. The molecule has 1 saturated carbocycles. The third kappa shape index (κ3) is 4.03. The van der Waals surface area contributed by atoms with Crippen molar-refractivity contribution < 1.29 is 38.1 Å². The molecule has 0 aromatic carbocycles. The maximum absolute atomic E-state index is 12.5. The Morgan fingerprint density at radius 2 is 1.80 bits per heavy atom. The molecule has 4 aliphatic rings. The summed E-state index contributed by atoms with van der Waals surface area (Å²) in [5.74, 6) is -2.53. The molecule has 0 aromatic heterocycles. The number of carbonyl (C=O) groups is 3. The van der Waals surface area contributed by atoms with Gasteiger partial charge in [-0.15, -0.1) is 0 Å². The molecule has 0 amide bonds. The Kier molecular flexibility index (Phi) is 5.48. The zero-order chi connectivity index (χ0) is 21.6. The Morgan fingerprint density at radius 3 is 2.47 bits per heavy atom. The number of hydrogen-bond acceptors (Lipinski definition) is 8. The van der Waals surface area contributed by atoms with E-state index in [9.17, 15) is 14.4 Å². The molecule has 6 atom stereocenters. The van der Waals surface area contributed by atoms with Crippen molar-refractivity contribution in [2.45, 2.75) is 78.4 Å². The minimum absolute atomic E-state index is 0.250. The Balaban J connectivity index is 1.61. The van der Waals surface area contributed by atoms with Crippen LogP contribution in [-0.2, 0) is 38.1 Å². The summed E-state index contributed by atoms with van der Waals surface area (Å²) in [7, 11) is 0. The molecular formula is C22H28O8. The van der Waals surface area contributed by atoms with Crippen LogP contribution < -0.4 is 0 Å². The lowest BCUT2D eigenvalue weighted by molar-refractivity contribution is -0.244. The van der Waals surface area contributed by atoms with Gasteiger partial charge >= 0.3 is 17.9 Å². The molecule has 3 saturated heterocycles. The predicted molar refractivity (Wildman–Crippen MR) is 102 cm³/mol. The van der Waals surface area contributed by atoms with Crippen molar-refractivity contribution in [3.8, 4) is 0 Å². The molecule has 4 rings (SSSR count). The standard InChI is InChI=1S/C22H28O8/c1-11(23)26-17-16-15-14(8-7-13-6-5-9-22(3,4)10-13)18(25)28-19(15)29-20(16)30-21(17)27-12(2)24/h7-8,15-17,19-21H,5-6,9-10H2,1-4H3/b13-7-,14-8-/t15-,16-,17-,19+,20+,21-/m1/s1. The molecule has 4 fully saturated rings. The maximum atomic E-state index is 12.5. The van der Waals surface area contributed by atoms with E-state index in [1.807, 2.05) is 6.08 Å². The molecule has 3 heterocycles. The summed E-state index contributed by atoms with van der Waals surface area (Å²) < 4.78 is 27.4. The predicted octanol–water partition coefficient (Wildman–Crippen LogP) is 2.76. The van der Waals surface area contributed by atoms with Gasteiger partial charge in [0.25, 0.3) is 0 Å². The summed E-state index contributed by atoms with van der Waals surface area (Å²) in [6.45, 7) is 7.01. The van der Waals surface area contributed by atoms with Gasteiger partial charge in [-0.05, 0) is 31.1 Å². The minimum Gasteiger partial charge on any atom is -0.455 e. The van der Waals surface area contributed by atoms with Crippen LogP contribution in [0.4, 0.5) is 0 Å². The van der Waals surface area contributed by atoms with Crippen molar-refractivity contribution in [3.63, 3.8) is 0 Å². The highest BCUT2D eigenvalue weighted by atomic mass is 16.8. The maximum Gasteiger partial charge on any atom is 0.336 e. The largest absolute Gasteiger partial charge is 0.455 e. The van der Waals surface area contributed by atoms with E-state index in [1.165, 1.54) is 25.8 Å². The molecule has 0 unspecified atom stereocenters. The second kappa shape index (κ2) is 7.81. The molecule has 0 N–H and O–H groups in total. The van der Waals surface area contributed by atoms with Crippen molar-refractivity contribution in [1.82, 2.24) is 0 Å². The number of esters is 3. The zero-order valence-corrected chi connectivity index (χ0v) is 17.7. The molecule has 0 radical (unpaired) electrons. The van der Waals surface area contributed by atoms with Crippen LogP contribution in [-0.4, -0.2) is 42.9 Å². The van der Waals surface area contributed by atoms with Gasteiger partial charge in [0.15, 0.2) is 12.4 Å². The van der Waals surface area contributed by atoms with E-state index in [2.05, 4.69) is 13.8 Å². The van der Waals surface area contributed by atoms with Gasteiger partial charge in [0.1, 0.15) is 0 Å². The summed E-state index contributed by atoms with van der Waals surface area (Å²) in [4.78, 5) is 35.6. The molecule has 0 spiro atoms. The van der Waals surface area contributed by atoms with E-state index in [-0.39, 0.29) is 5.41 Å². The smallest absolute Gasteiger partial charge is 0.336 e. The summed E-state index contributed by atoms with van der Waals surface area (Å²) in [5, 5.41) is 0. The third-order valence-corrected chi connectivity index (χ3v) is 6.16. The van der Waals surface area contributed by atoms with Gasteiger partial charge in [-0.3, -0.25) is 9.59 Å². The molecule has 164 valence electrons. The van der Waals surface area contributed by atoms with Gasteiger partial charge < -0.3 is 23.7 Å². The lowest BCUT2D eigenvalue weighted by Gasteiger charge is -2.31. The van der Waals surface area contributed by atoms with E-state index in [0.717, 1.165) is 19.3 Å². The average Bonchev–Trinajstić information content (AvgIpc) is 3.20. The first kappa shape index (κ1) is 21.1. The van der Waals surface area contributed by atoms with Gasteiger partial charge in [-0.1, -0.05) is 31.6 Å². The van der Waals surface area contributed by atoms with Gasteiger partial charge in [0, 0.05) is 19.4 Å². The van der Waals surface area contributed by atoms with Crippen LogP contribution in [0.25, 0.3) is 0 Å². The number of rotatable bonds is 3. The second-order valence-corrected chi connectivity index (χ2v) is 9.21. The van der Waals surface area contributed by atoms with Crippen LogP contribution in [0.1, 0.15) is 53.4 Å². The minimum atomic E-state index is -1.09. The van der Waals surface area contributed by atoms with Crippen LogP contribution in [0.5, 0.6) is 0 Å². The number of hydrogen-bond donors (Lipinski definition) is 0. The van der Waals surface area contributed by atoms with Crippen molar-refractivity contribution in [3.05, 3.63) is 23.3 Å². The number of ether oxygens (including phenoxy) is 5. The van der Waals surface area contributed by atoms with Crippen LogP contribution in [0.3, 0.4) is 0 Å². The van der Waals surface area contributed by atoms with Gasteiger partial charge in [-0.2, -0.15) is 0 Å². The van der Waals surface area contributed by atoms with Crippen LogP contribution in [0.15, 0.2) is 23.3 Å². The Morgan fingerprint density at radius 1 is 1.07 bits per heavy atom. The van der Waals surface area contributed by atoms with Crippen molar-refractivity contribution in [2.75, 3.05) is 0 Å². The number of allylic oxidation sites excluding steroid dienone is 3. The molecule has 3 aliphatic heterocycles. The van der Waals surface area contributed by atoms with Crippen LogP contribution in [0, 0.1) is 17.3 Å². The number of fused-ring (bicyclic) bond motifs is 3. The average molecular weight is 420 g/mol. The van der Waals surface area contributed by atoms with E-state index in [1.54, 1.807) is 6.08 Å². The topological polar surface area (TPSA) is 97.4 Å². The lowest BCUT2D eigenvalue weighted by Crippen LogP contribution is -2.38. The normalized spacial score (nSPS) is 39.5. The van der Waals surface area contributed by atoms with E-state index < -0.39 is 54.7 Å². The highest BCUT2D eigenvalue weighted by Crippen LogP contribution is 2.51. The monoisotopic (exact) mass is 420 g/mol. The summed E-state index contributed by atoms with van der Waals surface area (Å²) in [6.07, 6.45) is 4.53. The lowest BCUT2D eigenvalue weighted by atomic mass is 9.75. The Bertz CT molecular complexity index is 810. The van der Waals surface area contributed by atoms with E-state index in [0.29, 0.717) is 5.57 Å². The highest BCUT2D eigenvalue weighted by molar-refractivity contribution is 5.92. The first-order valence-electron chi connectivity index (χ1n) is 10.4. The fraction of sp³-hybridized carbons (Fsp3) is 0.682. The molecule has 8 nitrogen and oxygen atoms in total. The Labute approximate surface area is 175 Å². The van der Waals surface area contributed by atoms with Crippen molar-refractivity contribution in [2.24, 2.45) is 17.3 Å². The molecular weight excluding hydrogens is 392 g/mol. The third-order valence-electron chi connectivity index (χ3n) is 6.16. The Hall–Kier alpha value is -2.19. The van der Waals surface area contributed by atoms with Crippen LogP contribution in [0.2, 0.25) is 0 Å². The SMILES string of the molecule is CC(=O)O[C@@H]1O[C@@H]2O[C@@H]3OC(=O)/C(=C\C=C4\CCCC(C)(C)C4)[C@@H]3[C@@H]2[C@H]1OC(C)=O.